The number of Topliss-reactive ketones (excluding diaryl/α,β-unsaturated/α-hetero) is 1. The lowest BCUT2D eigenvalue weighted by Crippen LogP contribution is -2.29. The van der Waals surface area contributed by atoms with Crippen LogP contribution in [0.2, 0.25) is 5.02 Å². The summed E-state index contributed by atoms with van der Waals surface area (Å²) in [6, 6.07) is 5.02. The Kier molecular flexibility index (Phi) is 4.62. The number of carbonyl (C=O) groups is 1. The van der Waals surface area contributed by atoms with Crippen LogP contribution in [0.4, 0.5) is 4.39 Å². The van der Waals surface area contributed by atoms with E-state index in [0.717, 1.165) is 12.8 Å². The summed E-state index contributed by atoms with van der Waals surface area (Å²) in [5, 5.41) is 0.140. The summed E-state index contributed by atoms with van der Waals surface area (Å²) >= 11 is 5.79. The van der Waals surface area contributed by atoms with Gasteiger partial charge in [0.1, 0.15) is 11.6 Å². The third kappa shape index (κ3) is 3.36. The molecule has 104 valence electrons. The average Bonchev–Trinajstić information content (AvgIpc) is 2.37. The van der Waals surface area contributed by atoms with E-state index < -0.39 is 0 Å². The molecule has 0 amide bonds. The van der Waals surface area contributed by atoms with Gasteiger partial charge < -0.3 is 0 Å². The zero-order valence-electron chi connectivity index (χ0n) is 11.5. The van der Waals surface area contributed by atoms with E-state index in [1.165, 1.54) is 0 Å². The molecule has 0 aromatic heterocycles. The van der Waals surface area contributed by atoms with Gasteiger partial charge in [-0.15, -0.1) is 0 Å². The van der Waals surface area contributed by atoms with Gasteiger partial charge in [0, 0.05) is 12.3 Å². The van der Waals surface area contributed by atoms with Crippen LogP contribution in [0.25, 0.3) is 0 Å². The number of rotatable bonds is 3. The zero-order chi connectivity index (χ0) is 14.0. The number of hydrogen-bond acceptors (Lipinski definition) is 1. The van der Waals surface area contributed by atoms with E-state index in [1.54, 1.807) is 18.2 Å². The van der Waals surface area contributed by atoms with Crippen molar-refractivity contribution >= 4 is 17.4 Å². The van der Waals surface area contributed by atoms with Gasteiger partial charge in [-0.05, 0) is 42.7 Å². The molecule has 0 aliphatic heterocycles. The van der Waals surface area contributed by atoms with E-state index in [0.29, 0.717) is 30.2 Å². The molecule has 3 heteroatoms. The Balaban J connectivity index is 2.12. The molecule has 1 aromatic rings. The van der Waals surface area contributed by atoms with E-state index in [1.807, 2.05) is 0 Å². The first-order valence-electron chi connectivity index (χ1n) is 6.94. The Morgan fingerprint density at radius 1 is 1.42 bits per heavy atom. The highest BCUT2D eigenvalue weighted by molar-refractivity contribution is 6.30. The fraction of sp³-hybridized carbons (Fsp3) is 0.562. The Morgan fingerprint density at radius 3 is 2.84 bits per heavy atom. The van der Waals surface area contributed by atoms with Gasteiger partial charge in [0.15, 0.2) is 0 Å². The molecule has 19 heavy (non-hydrogen) atoms. The molecule has 2 rings (SSSR count). The summed E-state index contributed by atoms with van der Waals surface area (Å²) in [7, 11) is 0. The standard InChI is InChI=1S/C16H20ClFO/c1-10(2)11-6-7-15(19)13(8-11)9-12-4-3-5-14(17)16(12)18/h3-5,10-11,13H,6-9H2,1-2H3. The summed E-state index contributed by atoms with van der Waals surface area (Å²) in [6.45, 7) is 4.38. The minimum Gasteiger partial charge on any atom is -0.299 e. The molecule has 2 unspecified atom stereocenters. The zero-order valence-corrected chi connectivity index (χ0v) is 12.2. The molecule has 1 aliphatic rings. The lowest BCUT2D eigenvalue weighted by Gasteiger charge is -2.30. The molecule has 0 bridgehead atoms. The number of benzene rings is 1. The maximum absolute atomic E-state index is 13.9. The van der Waals surface area contributed by atoms with Gasteiger partial charge >= 0.3 is 0 Å². The van der Waals surface area contributed by atoms with E-state index >= 15 is 0 Å². The van der Waals surface area contributed by atoms with Crippen molar-refractivity contribution in [2.75, 3.05) is 0 Å². The van der Waals surface area contributed by atoms with Crippen LogP contribution >= 0.6 is 11.6 Å². The molecule has 0 spiro atoms. The third-order valence-corrected chi connectivity index (χ3v) is 4.54. The highest BCUT2D eigenvalue weighted by Gasteiger charge is 2.30. The minimum atomic E-state index is -0.372. The molecule has 2 atom stereocenters. The SMILES string of the molecule is CC(C)C1CCC(=O)C(Cc2cccc(Cl)c2F)C1. The molecule has 1 aliphatic carbocycles. The molecule has 1 nitrogen and oxygen atoms in total. The van der Waals surface area contributed by atoms with E-state index in [4.69, 9.17) is 11.6 Å². The lowest BCUT2D eigenvalue weighted by molar-refractivity contribution is -0.125. The molecule has 1 saturated carbocycles. The first kappa shape index (κ1) is 14.5. The van der Waals surface area contributed by atoms with Crippen LogP contribution in [-0.2, 0) is 11.2 Å². The van der Waals surface area contributed by atoms with Crippen molar-refractivity contribution in [3.63, 3.8) is 0 Å². The molecule has 1 aromatic carbocycles. The molecule has 0 heterocycles. The van der Waals surface area contributed by atoms with Crippen LogP contribution in [0.1, 0.15) is 38.7 Å². The smallest absolute Gasteiger partial charge is 0.144 e. The van der Waals surface area contributed by atoms with Gasteiger partial charge in [-0.1, -0.05) is 37.6 Å². The molecular formula is C16H20ClFO. The van der Waals surface area contributed by atoms with Gasteiger partial charge in [-0.3, -0.25) is 4.79 Å². The van der Waals surface area contributed by atoms with Crippen molar-refractivity contribution in [2.45, 2.75) is 39.5 Å². The second kappa shape index (κ2) is 6.04. The van der Waals surface area contributed by atoms with Crippen LogP contribution in [0.15, 0.2) is 18.2 Å². The monoisotopic (exact) mass is 282 g/mol. The number of ketones is 1. The van der Waals surface area contributed by atoms with E-state index in [-0.39, 0.29) is 22.5 Å². The highest BCUT2D eigenvalue weighted by Crippen LogP contribution is 2.34. The summed E-state index contributed by atoms with van der Waals surface area (Å²) in [5.74, 6) is 1.01. The van der Waals surface area contributed by atoms with Crippen LogP contribution in [0.3, 0.4) is 0 Å². The topological polar surface area (TPSA) is 17.1 Å². The third-order valence-electron chi connectivity index (χ3n) is 4.24. The van der Waals surface area contributed by atoms with Crippen molar-refractivity contribution < 1.29 is 9.18 Å². The quantitative estimate of drug-likeness (QED) is 0.788. The van der Waals surface area contributed by atoms with Crippen LogP contribution in [0, 0.1) is 23.6 Å². The largest absolute Gasteiger partial charge is 0.299 e. The van der Waals surface area contributed by atoms with Gasteiger partial charge in [0.25, 0.3) is 0 Å². The normalized spacial score (nSPS) is 23.9. The number of carbonyl (C=O) groups excluding carboxylic acids is 1. The fourth-order valence-electron chi connectivity index (χ4n) is 2.92. The van der Waals surface area contributed by atoms with Gasteiger partial charge in [0.05, 0.1) is 5.02 Å². The van der Waals surface area contributed by atoms with Crippen molar-refractivity contribution in [2.24, 2.45) is 17.8 Å². The van der Waals surface area contributed by atoms with Crippen LogP contribution < -0.4 is 0 Å². The Morgan fingerprint density at radius 2 is 2.16 bits per heavy atom. The van der Waals surface area contributed by atoms with Crippen molar-refractivity contribution in [1.29, 1.82) is 0 Å². The summed E-state index contributed by atoms with van der Waals surface area (Å²) in [4.78, 5) is 12.0. The van der Waals surface area contributed by atoms with Gasteiger partial charge in [-0.2, -0.15) is 0 Å². The first-order valence-corrected chi connectivity index (χ1v) is 7.32. The number of hydrogen-bond donors (Lipinski definition) is 0. The molecule has 0 radical (unpaired) electrons. The second-order valence-corrected chi connectivity index (χ2v) is 6.27. The number of halogens is 2. The second-order valence-electron chi connectivity index (χ2n) is 5.86. The van der Waals surface area contributed by atoms with Gasteiger partial charge in [-0.25, -0.2) is 4.39 Å². The highest BCUT2D eigenvalue weighted by atomic mass is 35.5. The molecule has 1 fully saturated rings. The predicted molar refractivity (Wildman–Crippen MR) is 75.8 cm³/mol. The molecule has 0 N–H and O–H groups in total. The Labute approximate surface area is 119 Å². The first-order chi connectivity index (χ1) is 8.99. The van der Waals surface area contributed by atoms with Crippen molar-refractivity contribution in [3.05, 3.63) is 34.6 Å². The maximum Gasteiger partial charge on any atom is 0.144 e. The maximum atomic E-state index is 13.9. The molecule has 0 saturated heterocycles. The fourth-order valence-corrected chi connectivity index (χ4v) is 3.11. The minimum absolute atomic E-state index is 0.0471. The summed E-state index contributed by atoms with van der Waals surface area (Å²) < 4.78 is 13.9. The molecular weight excluding hydrogens is 263 g/mol. The van der Waals surface area contributed by atoms with E-state index in [2.05, 4.69) is 13.8 Å². The van der Waals surface area contributed by atoms with Gasteiger partial charge in [0.2, 0.25) is 0 Å². The summed E-state index contributed by atoms with van der Waals surface area (Å²) in [5.41, 5.74) is 0.565. The van der Waals surface area contributed by atoms with Crippen LogP contribution in [-0.4, -0.2) is 5.78 Å². The Hall–Kier alpha value is -0.890. The predicted octanol–water partition coefficient (Wildman–Crippen LogP) is 4.66. The summed E-state index contributed by atoms with van der Waals surface area (Å²) in [6.07, 6.45) is 2.97. The Bertz CT molecular complexity index is 470. The van der Waals surface area contributed by atoms with Crippen molar-refractivity contribution in [3.8, 4) is 0 Å². The average molecular weight is 283 g/mol. The van der Waals surface area contributed by atoms with Crippen molar-refractivity contribution in [1.82, 2.24) is 0 Å². The van der Waals surface area contributed by atoms with Crippen LogP contribution in [0.5, 0.6) is 0 Å². The lowest BCUT2D eigenvalue weighted by atomic mass is 9.73. The van der Waals surface area contributed by atoms with E-state index in [9.17, 15) is 9.18 Å².